The molecule has 0 aromatic carbocycles. The third kappa shape index (κ3) is 4.09. The van der Waals surface area contributed by atoms with Crippen molar-refractivity contribution in [3.63, 3.8) is 0 Å². The number of rotatable bonds is 6. The molecule has 2 aromatic heterocycles. The van der Waals surface area contributed by atoms with E-state index in [0.29, 0.717) is 0 Å². The predicted molar refractivity (Wildman–Crippen MR) is 104 cm³/mol. The lowest BCUT2D eigenvalue weighted by Gasteiger charge is -2.34. The Labute approximate surface area is 159 Å². The van der Waals surface area contributed by atoms with Gasteiger partial charge in [0.15, 0.2) is 0 Å². The quantitative estimate of drug-likeness (QED) is 0.765. The van der Waals surface area contributed by atoms with Crippen LogP contribution in [0.4, 0.5) is 5.13 Å². The number of morpholine rings is 1. The van der Waals surface area contributed by atoms with Crippen molar-refractivity contribution < 1.29 is 4.74 Å². The Morgan fingerprint density at radius 3 is 2.50 bits per heavy atom. The molecule has 0 unspecified atom stereocenters. The first-order valence-electron chi connectivity index (χ1n) is 9.61. The van der Waals surface area contributed by atoms with E-state index in [9.17, 15) is 0 Å². The summed E-state index contributed by atoms with van der Waals surface area (Å²) < 4.78 is 7.62. The van der Waals surface area contributed by atoms with Crippen LogP contribution in [0, 0.1) is 0 Å². The Morgan fingerprint density at radius 1 is 1.00 bits per heavy atom. The molecule has 0 atom stereocenters. The van der Waals surface area contributed by atoms with Crippen LogP contribution in [0.25, 0.3) is 5.13 Å². The van der Waals surface area contributed by atoms with E-state index < -0.39 is 0 Å². The first-order valence-corrected chi connectivity index (χ1v) is 10.4. The lowest BCUT2D eigenvalue weighted by Crippen LogP contribution is -2.46. The van der Waals surface area contributed by atoms with Crippen molar-refractivity contribution >= 4 is 16.5 Å². The van der Waals surface area contributed by atoms with Gasteiger partial charge in [0.1, 0.15) is 0 Å². The van der Waals surface area contributed by atoms with Crippen LogP contribution >= 0.6 is 11.3 Å². The molecule has 0 radical (unpaired) electrons. The maximum atomic E-state index is 5.43. The molecule has 2 fully saturated rings. The molecule has 4 heterocycles. The zero-order valence-electron chi connectivity index (χ0n) is 15.5. The molecule has 2 aliphatic rings. The fourth-order valence-electron chi connectivity index (χ4n) is 3.64. The third-order valence-corrected chi connectivity index (χ3v) is 6.10. The maximum Gasteiger partial charge on any atom is 0.218 e. The smallest absolute Gasteiger partial charge is 0.218 e. The Bertz CT molecular complexity index is 687. The summed E-state index contributed by atoms with van der Waals surface area (Å²) in [6, 6.07) is 4.31. The molecule has 2 aliphatic heterocycles. The van der Waals surface area contributed by atoms with Gasteiger partial charge in [-0.2, -0.15) is 0 Å². The summed E-state index contributed by atoms with van der Waals surface area (Å²) in [5, 5.41) is 10.8. The van der Waals surface area contributed by atoms with E-state index in [0.717, 1.165) is 56.2 Å². The van der Waals surface area contributed by atoms with E-state index in [2.05, 4.69) is 54.7 Å². The highest BCUT2D eigenvalue weighted by Crippen LogP contribution is 2.25. The number of hydrogen-bond acceptors (Lipinski definition) is 7. The number of anilines is 1. The molecular formula is C18H28N6OS. The van der Waals surface area contributed by atoms with Crippen molar-refractivity contribution in [2.24, 2.45) is 0 Å². The second kappa shape index (κ2) is 8.47. The fraction of sp³-hybridized carbons (Fsp3) is 0.667. The van der Waals surface area contributed by atoms with Crippen molar-refractivity contribution in [1.29, 1.82) is 0 Å². The van der Waals surface area contributed by atoms with Crippen LogP contribution in [0.5, 0.6) is 0 Å². The summed E-state index contributed by atoms with van der Waals surface area (Å²) in [5.41, 5.74) is 1.29. The molecule has 26 heavy (non-hydrogen) atoms. The highest BCUT2D eigenvalue weighted by molar-refractivity contribution is 7.17. The van der Waals surface area contributed by atoms with E-state index in [1.807, 2.05) is 0 Å². The molecule has 4 rings (SSSR count). The highest BCUT2D eigenvalue weighted by atomic mass is 32.1. The minimum Gasteiger partial charge on any atom is -0.378 e. The third-order valence-electron chi connectivity index (χ3n) is 5.11. The minimum absolute atomic E-state index is 0.772. The minimum atomic E-state index is 0.772. The summed E-state index contributed by atoms with van der Waals surface area (Å²) in [4.78, 5) is 7.37. The Morgan fingerprint density at radius 2 is 1.73 bits per heavy atom. The number of piperazine rings is 1. The standard InChI is InChI=1S/C18H28N6OS/c1-2-5-21-7-9-22(10-8-21)15-16-4-3-6-24(16)18-20-19-17(26-18)23-11-13-25-14-12-23/h3-4,6H,2,5,7-15H2,1H3. The average molecular weight is 377 g/mol. The molecular weight excluding hydrogens is 348 g/mol. The van der Waals surface area contributed by atoms with Crippen LogP contribution in [-0.4, -0.2) is 83.6 Å². The van der Waals surface area contributed by atoms with Gasteiger partial charge in [-0.3, -0.25) is 9.47 Å². The first kappa shape index (κ1) is 17.9. The zero-order chi connectivity index (χ0) is 17.8. The van der Waals surface area contributed by atoms with Crippen molar-refractivity contribution in [3.8, 4) is 5.13 Å². The molecule has 8 heteroatoms. The molecule has 2 aromatic rings. The SMILES string of the molecule is CCCN1CCN(Cc2cccn2-c2nnc(N3CCOCC3)s2)CC1. The van der Waals surface area contributed by atoms with E-state index in [4.69, 9.17) is 4.74 Å². The summed E-state index contributed by atoms with van der Waals surface area (Å²) in [6.45, 7) is 12.4. The molecule has 0 aliphatic carbocycles. The number of nitrogens with zero attached hydrogens (tertiary/aromatic N) is 6. The molecule has 0 amide bonds. The second-order valence-electron chi connectivity index (χ2n) is 6.95. The molecule has 7 nitrogen and oxygen atoms in total. The summed E-state index contributed by atoms with van der Waals surface area (Å²) >= 11 is 1.66. The predicted octanol–water partition coefficient (Wildman–Crippen LogP) is 1.69. The molecule has 0 bridgehead atoms. The normalized spacial score (nSPS) is 20.0. The fourth-order valence-corrected chi connectivity index (χ4v) is 4.55. The van der Waals surface area contributed by atoms with E-state index in [1.165, 1.54) is 31.7 Å². The van der Waals surface area contributed by atoms with Gasteiger partial charge in [-0.15, -0.1) is 10.2 Å². The highest BCUT2D eigenvalue weighted by Gasteiger charge is 2.20. The van der Waals surface area contributed by atoms with Gasteiger partial charge in [-0.1, -0.05) is 18.3 Å². The van der Waals surface area contributed by atoms with Crippen LogP contribution in [0.2, 0.25) is 0 Å². The summed E-state index contributed by atoms with van der Waals surface area (Å²) in [5.74, 6) is 0. The lowest BCUT2D eigenvalue weighted by molar-refractivity contribution is 0.122. The van der Waals surface area contributed by atoms with Crippen LogP contribution in [0.1, 0.15) is 19.0 Å². The van der Waals surface area contributed by atoms with Crippen LogP contribution in [-0.2, 0) is 11.3 Å². The topological polar surface area (TPSA) is 49.7 Å². The zero-order valence-corrected chi connectivity index (χ0v) is 16.3. The molecule has 0 N–H and O–H groups in total. The summed E-state index contributed by atoms with van der Waals surface area (Å²) in [7, 11) is 0. The van der Waals surface area contributed by atoms with Crippen molar-refractivity contribution in [1.82, 2.24) is 24.6 Å². The van der Waals surface area contributed by atoms with Gasteiger partial charge < -0.3 is 14.5 Å². The largest absolute Gasteiger partial charge is 0.378 e. The Hall–Kier alpha value is -1.48. The van der Waals surface area contributed by atoms with Crippen LogP contribution in [0.15, 0.2) is 18.3 Å². The van der Waals surface area contributed by atoms with Gasteiger partial charge in [-0.25, -0.2) is 0 Å². The Balaban J connectivity index is 1.40. The number of hydrogen-bond donors (Lipinski definition) is 0. The van der Waals surface area contributed by atoms with Gasteiger partial charge in [0.05, 0.1) is 13.2 Å². The van der Waals surface area contributed by atoms with Crippen molar-refractivity contribution in [2.45, 2.75) is 19.9 Å². The summed E-state index contributed by atoms with van der Waals surface area (Å²) in [6.07, 6.45) is 3.34. The van der Waals surface area contributed by atoms with Gasteiger partial charge in [0.25, 0.3) is 0 Å². The molecule has 2 saturated heterocycles. The Kier molecular flexibility index (Phi) is 5.84. The van der Waals surface area contributed by atoms with Crippen molar-refractivity contribution in [2.75, 3.05) is 63.9 Å². The van der Waals surface area contributed by atoms with Gasteiger partial charge in [0.2, 0.25) is 10.3 Å². The second-order valence-corrected chi connectivity index (χ2v) is 7.89. The van der Waals surface area contributed by atoms with Gasteiger partial charge in [0, 0.05) is 57.7 Å². The van der Waals surface area contributed by atoms with E-state index >= 15 is 0 Å². The molecule has 142 valence electrons. The van der Waals surface area contributed by atoms with Crippen LogP contribution in [0.3, 0.4) is 0 Å². The van der Waals surface area contributed by atoms with Crippen molar-refractivity contribution in [3.05, 3.63) is 24.0 Å². The van der Waals surface area contributed by atoms with Crippen LogP contribution < -0.4 is 4.90 Å². The number of ether oxygens (including phenoxy) is 1. The van der Waals surface area contributed by atoms with E-state index in [1.54, 1.807) is 11.3 Å². The lowest BCUT2D eigenvalue weighted by atomic mass is 10.2. The molecule has 0 spiro atoms. The van der Waals surface area contributed by atoms with Gasteiger partial charge in [-0.05, 0) is 25.1 Å². The number of aromatic nitrogens is 3. The van der Waals surface area contributed by atoms with Gasteiger partial charge >= 0.3 is 0 Å². The monoisotopic (exact) mass is 376 g/mol. The van der Waals surface area contributed by atoms with E-state index in [-0.39, 0.29) is 0 Å². The molecule has 0 saturated carbocycles. The average Bonchev–Trinajstić information content (AvgIpc) is 3.33. The maximum absolute atomic E-state index is 5.43. The first-order chi connectivity index (χ1) is 12.8.